The molecule has 0 aliphatic rings. The molecule has 4 nitrogen and oxygen atoms in total. The highest BCUT2D eigenvalue weighted by Crippen LogP contribution is 2.28. The average Bonchev–Trinajstić information content (AvgIpc) is 2.99. The van der Waals surface area contributed by atoms with Crippen LogP contribution in [-0.2, 0) is 0 Å². The standard InChI is InChI=1S/C15H16N4S/c1-3-7-17-14-11-6-4-5-10(2)13(11)18-15(19-14)12-8-16-9-20-12/h4-6,8-9H,3,7H2,1-2H3,(H,17,18,19). The quantitative estimate of drug-likeness (QED) is 0.790. The summed E-state index contributed by atoms with van der Waals surface area (Å²) in [6, 6.07) is 6.19. The number of anilines is 1. The molecule has 5 heteroatoms. The fourth-order valence-corrected chi connectivity index (χ4v) is 2.66. The Labute approximate surface area is 121 Å². The van der Waals surface area contributed by atoms with Crippen LogP contribution in [0.4, 0.5) is 5.82 Å². The van der Waals surface area contributed by atoms with Crippen LogP contribution in [0.1, 0.15) is 18.9 Å². The lowest BCUT2D eigenvalue weighted by Gasteiger charge is -2.10. The van der Waals surface area contributed by atoms with E-state index in [4.69, 9.17) is 4.98 Å². The third-order valence-corrected chi connectivity index (χ3v) is 3.89. The molecule has 1 aromatic carbocycles. The van der Waals surface area contributed by atoms with Gasteiger partial charge in [-0.15, -0.1) is 11.3 Å². The summed E-state index contributed by atoms with van der Waals surface area (Å²) in [6.45, 7) is 5.13. The molecule has 3 aromatic rings. The monoisotopic (exact) mass is 284 g/mol. The van der Waals surface area contributed by atoms with Crippen molar-refractivity contribution in [2.24, 2.45) is 0 Å². The first-order valence-corrected chi connectivity index (χ1v) is 7.57. The largest absolute Gasteiger partial charge is 0.369 e. The van der Waals surface area contributed by atoms with Crippen molar-refractivity contribution in [2.75, 3.05) is 11.9 Å². The van der Waals surface area contributed by atoms with Crippen LogP contribution in [-0.4, -0.2) is 21.5 Å². The first-order valence-electron chi connectivity index (χ1n) is 6.69. The van der Waals surface area contributed by atoms with Crippen molar-refractivity contribution in [3.8, 4) is 10.7 Å². The van der Waals surface area contributed by atoms with E-state index in [0.717, 1.165) is 46.0 Å². The minimum atomic E-state index is 0.743. The van der Waals surface area contributed by atoms with Gasteiger partial charge in [0.15, 0.2) is 5.82 Å². The Bertz CT molecular complexity index is 722. The van der Waals surface area contributed by atoms with Crippen molar-refractivity contribution >= 4 is 28.1 Å². The lowest BCUT2D eigenvalue weighted by atomic mass is 10.1. The van der Waals surface area contributed by atoms with Gasteiger partial charge in [0.05, 0.1) is 15.9 Å². The lowest BCUT2D eigenvalue weighted by Crippen LogP contribution is -2.05. The average molecular weight is 284 g/mol. The maximum Gasteiger partial charge on any atom is 0.173 e. The molecular weight excluding hydrogens is 268 g/mol. The molecule has 2 heterocycles. The zero-order chi connectivity index (χ0) is 13.9. The Morgan fingerprint density at radius 1 is 1.25 bits per heavy atom. The van der Waals surface area contributed by atoms with E-state index in [1.807, 2.05) is 12.3 Å². The van der Waals surface area contributed by atoms with Crippen LogP contribution in [0, 0.1) is 6.92 Å². The first kappa shape index (κ1) is 13.0. The Morgan fingerprint density at radius 3 is 2.90 bits per heavy atom. The number of para-hydroxylation sites is 1. The van der Waals surface area contributed by atoms with Crippen molar-refractivity contribution in [1.82, 2.24) is 15.0 Å². The molecule has 0 bridgehead atoms. The number of thiazole rings is 1. The Balaban J connectivity index is 2.20. The molecule has 0 aliphatic carbocycles. The van der Waals surface area contributed by atoms with Gasteiger partial charge in [0.25, 0.3) is 0 Å². The van der Waals surface area contributed by atoms with E-state index in [-0.39, 0.29) is 0 Å². The van der Waals surface area contributed by atoms with Crippen molar-refractivity contribution in [2.45, 2.75) is 20.3 Å². The summed E-state index contributed by atoms with van der Waals surface area (Å²) in [4.78, 5) is 14.5. The fourth-order valence-electron chi connectivity index (χ4n) is 2.11. The van der Waals surface area contributed by atoms with Crippen LogP contribution >= 0.6 is 11.3 Å². The zero-order valence-corrected chi connectivity index (χ0v) is 12.4. The van der Waals surface area contributed by atoms with Crippen LogP contribution in [0.3, 0.4) is 0 Å². The van der Waals surface area contributed by atoms with Gasteiger partial charge in [-0.1, -0.05) is 19.1 Å². The SMILES string of the molecule is CCCNc1nc(-c2cncs2)nc2c(C)cccc12. The molecule has 0 aliphatic heterocycles. The second-order valence-electron chi connectivity index (χ2n) is 4.66. The highest BCUT2D eigenvalue weighted by atomic mass is 32.1. The third-order valence-electron chi connectivity index (χ3n) is 3.12. The number of nitrogens with zero attached hydrogens (tertiary/aromatic N) is 3. The van der Waals surface area contributed by atoms with Gasteiger partial charge in [-0.05, 0) is 25.0 Å². The molecule has 102 valence electrons. The number of benzene rings is 1. The molecule has 2 aromatic heterocycles. The van der Waals surface area contributed by atoms with E-state index < -0.39 is 0 Å². The summed E-state index contributed by atoms with van der Waals surface area (Å²) >= 11 is 1.56. The summed E-state index contributed by atoms with van der Waals surface area (Å²) in [5, 5.41) is 4.48. The maximum atomic E-state index is 4.71. The molecular formula is C15H16N4S. The van der Waals surface area contributed by atoms with Gasteiger partial charge < -0.3 is 5.32 Å². The molecule has 0 spiro atoms. The predicted octanol–water partition coefficient (Wildman–Crippen LogP) is 3.88. The molecule has 0 unspecified atom stereocenters. The smallest absolute Gasteiger partial charge is 0.173 e. The first-order chi connectivity index (χ1) is 9.79. The van der Waals surface area contributed by atoms with E-state index in [1.54, 1.807) is 16.8 Å². The molecule has 0 amide bonds. The highest BCUT2D eigenvalue weighted by molar-refractivity contribution is 7.13. The molecule has 3 rings (SSSR count). The van der Waals surface area contributed by atoms with Crippen molar-refractivity contribution in [3.63, 3.8) is 0 Å². The summed E-state index contributed by atoms with van der Waals surface area (Å²) in [5.41, 5.74) is 3.97. The summed E-state index contributed by atoms with van der Waals surface area (Å²) < 4.78 is 0. The predicted molar refractivity (Wildman–Crippen MR) is 84.2 cm³/mol. The maximum absolute atomic E-state index is 4.71. The second-order valence-corrected chi connectivity index (χ2v) is 5.55. The number of fused-ring (bicyclic) bond motifs is 1. The fraction of sp³-hybridized carbons (Fsp3) is 0.267. The minimum absolute atomic E-state index is 0.743. The number of nitrogens with one attached hydrogen (secondary N) is 1. The summed E-state index contributed by atoms with van der Waals surface area (Å²) in [6.07, 6.45) is 2.88. The summed E-state index contributed by atoms with van der Waals surface area (Å²) in [5.74, 6) is 1.65. The van der Waals surface area contributed by atoms with Gasteiger partial charge in [-0.25, -0.2) is 9.97 Å². The molecule has 0 radical (unpaired) electrons. The van der Waals surface area contributed by atoms with Crippen molar-refractivity contribution in [1.29, 1.82) is 0 Å². The molecule has 0 atom stereocenters. The van der Waals surface area contributed by atoms with Crippen LogP contribution < -0.4 is 5.32 Å². The third kappa shape index (κ3) is 2.36. The number of aromatic nitrogens is 3. The van der Waals surface area contributed by atoms with E-state index in [1.165, 1.54) is 0 Å². The van der Waals surface area contributed by atoms with Crippen molar-refractivity contribution < 1.29 is 0 Å². The second kappa shape index (κ2) is 5.54. The van der Waals surface area contributed by atoms with Gasteiger partial charge in [0, 0.05) is 18.1 Å². The van der Waals surface area contributed by atoms with Gasteiger partial charge in [0.1, 0.15) is 5.82 Å². The number of aryl methyl sites for hydroxylation is 1. The minimum Gasteiger partial charge on any atom is -0.369 e. The number of rotatable bonds is 4. The molecule has 1 N–H and O–H groups in total. The van der Waals surface area contributed by atoms with Crippen molar-refractivity contribution in [3.05, 3.63) is 35.5 Å². The normalized spacial score (nSPS) is 10.9. The lowest BCUT2D eigenvalue weighted by molar-refractivity contribution is 0.970. The molecule has 20 heavy (non-hydrogen) atoms. The Morgan fingerprint density at radius 2 is 2.15 bits per heavy atom. The zero-order valence-electron chi connectivity index (χ0n) is 11.6. The van der Waals surface area contributed by atoms with Gasteiger partial charge in [-0.2, -0.15) is 0 Å². The summed E-state index contributed by atoms with van der Waals surface area (Å²) in [7, 11) is 0. The highest BCUT2D eigenvalue weighted by Gasteiger charge is 2.11. The van der Waals surface area contributed by atoms with Crippen LogP contribution in [0.2, 0.25) is 0 Å². The Kier molecular flexibility index (Phi) is 3.60. The van der Waals surface area contributed by atoms with E-state index >= 15 is 0 Å². The number of hydrogen-bond donors (Lipinski definition) is 1. The topological polar surface area (TPSA) is 50.7 Å². The molecule has 0 saturated carbocycles. The van der Waals surface area contributed by atoms with Gasteiger partial charge in [0.2, 0.25) is 0 Å². The Hall–Kier alpha value is -2.01. The molecule has 0 fully saturated rings. The number of hydrogen-bond acceptors (Lipinski definition) is 5. The van der Waals surface area contributed by atoms with Gasteiger partial charge >= 0.3 is 0 Å². The van der Waals surface area contributed by atoms with Crippen LogP contribution in [0.5, 0.6) is 0 Å². The van der Waals surface area contributed by atoms with Gasteiger partial charge in [-0.3, -0.25) is 4.98 Å². The van der Waals surface area contributed by atoms with E-state index in [9.17, 15) is 0 Å². The van der Waals surface area contributed by atoms with E-state index in [0.29, 0.717) is 0 Å². The molecule has 0 saturated heterocycles. The van der Waals surface area contributed by atoms with E-state index in [2.05, 4.69) is 41.3 Å². The van der Waals surface area contributed by atoms with Crippen LogP contribution in [0.25, 0.3) is 21.6 Å². The van der Waals surface area contributed by atoms with Crippen LogP contribution in [0.15, 0.2) is 29.9 Å².